The molecule has 2 heterocycles. The summed E-state index contributed by atoms with van der Waals surface area (Å²) in [5.74, 6) is 1.86. The zero-order valence-corrected chi connectivity index (χ0v) is 19.3. The number of hydrogen-bond donors (Lipinski definition) is 0. The Hall–Kier alpha value is -2.90. The molecule has 0 atom stereocenters. The van der Waals surface area contributed by atoms with E-state index in [2.05, 4.69) is 17.0 Å². The van der Waals surface area contributed by atoms with Crippen LogP contribution in [0, 0.1) is 6.92 Å². The van der Waals surface area contributed by atoms with E-state index in [0.29, 0.717) is 17.2 Å². The maximum atomic E-state index is 12.5. The van der Waals surface area contributed by atoms with E-state index in [9.17, 15) is 4.79 Å². The standard InChI is InChI=1S/C24H23N3O2S2/c1-4-29-24(28)21-16(2)20-22(27(3)17-11-7-5-8-12-17)25-19(26-23(20)31-21)15-30-18-13-9-6-10-14-18/h5-14H,4,15H2,1-3H3. The van der Waals surface area contributed by atoms with Gasteiger partial charge in [0.1, 0.15) is 21.3 Å². The molecule has 0 aliphatic heterocycles. The number of hydrogen-bond acceptors (Lipinski definition) is 7. The van der Waals surface area contributed by atoms with Crippen molar-refractivity contribution in [3.05, 3.63) is 76.9 Å². The summed E-state index contributed by atoms with van der Waals surface area (Å²) in [5.41, 5.74) is 1.88. The highest BCUT2D eigenvalue weighted by molar-refractivity contribution is 7.98. The SMILES string of the molecule is CCOC(=O)c1sc2nc(CSc3ccccc3)nc(N(C)c3ccccc3)c2c1C. The molecule has 4 aromatic rings. The third-order valence-electron chi connectivity index (χ3n) is 4.85. The van der Waals surface area contributed by atoms with Crippen molar-refractivity contribution >= 4 is 50.8 Å². The molecule has 7 heteroatoms. The number of para-hydroxylation sites is 1. The van der Waals surface area contributed by atoms with E-state index >= 15 is 0 Å². The molecule has 0 bridgehead atoms. The average molecular weight is 450 g/mol. The van der Waals surface area contributed by atoms with Gasteiger partial charge < -0.3 is 9.64 Å². The molecule has 0 unspecified atom stereocenters. The fourth-order valence-electron chi connectivity index (χ4n) is 3.30. The lowest BCUT2D eigenvalue weighted by Gasteiger charge is -2.20. The molecule has 2 aromatic carbocycles. The van der Waals surface area contributed by atoms with Crippen LogP contribution in [0.2, 0.25) is 0 Å². The smallest absolute Gasteiger partial charge is 0.348 e. The van der Waals surface area contributed by atoms with Gasteiger partial charge in [-0.3, -0.25) is 0 Å². The van der Waals surface area contributed by atoms with E-state index in [1.807, 2.05) is 69.4 Å². The number of carbonyl (C=O) groups is 1. The zero-order valence-electron chi connectivity index (χ0n) is 17.7. The first-order chi connectivity index (χ1) is 15.1. The van der Waals surface area contributed by atoms with Crippen molar-refractivity contribution in [3.8, 4) is 0 Å². The number of anilines is 2. The minimum absolute atomic E-state index is 0.309. The van der Waals surface area contributed by atoms with Gasteiger partial charge in [0.05, 0.1) is 17.7 Å². The molecule has 4 rings (SSSR count). The summed E-state index contributed by atoms with van der Waals surface area (Å²) in [6.07, 6.45) is 0. The Balaban J connectivity index is 1.80. The number of nitrogens with zero attached hydrogens (tertiary/aromatic N) is 3. The van der Waals surface area contributed by atoms with Crippen molar-refractivity contribution in [1.29, 1.82) is 0 Å². The molecule has 0 aliphatic rings. The molecular formula is C24H23N3O2S2. The molecule has 31 heavy (non-hydrogen) atoms. The van der Waals surface area contributed by atoms with Gasteiger partial charge in [0.15, 0.2) is 0 Å². The van der Waals surface area contributed by atoms with Crippen LogP contribution in [0.3, 0.4) is 0 Å². The summed E-state index contributed by atoms with van der Waals surface area (Å²) >= 11 is 3.07. The van der Waals surface area contributed by atoms with Gasteiger partial charge in [-0.2, -0.15) is 0 Å². The maximum Gasteiger partial charge on any atom is 0.348 e. The first-order valence-electron chi connectivity index (χ1n) is 10.0. The van der Waals surface area contributed by atoms with Gasteiger partial charge in [-0.15, -0.1) is 23.1 Å². The molecule has 0 amide bonds. The van der Waals surface area contributed by atoms with Crippen LogP contribution in [-0.4, -0.2) is 29.6 Å². The van der Waals surface area contributed by atoms with Crippen LogP contribution in [0.4, 0.5) is 11.5 Å². The quantitative estimate of drug-likeness (QED) is 0.246. The number of thiophene rings is 1. The number of aromatic nitrogens is 2. The van der Waals surface area contributed by atoms with E-state index < -0.39 is 0 Å². The van der Waals surface area contributed by atoms with E-state index in [0.717, 1.165) is 33.1 Å². The van der Waals surface area contributed by atoms with Crippen LogP contribution >= 0.6 is 23.1 Å². The average Bonchev–Trinajstić information content (AvgIpc) is 3.14. The number of thioether (sulfide) groups is 1. The lowest BCUT2D eigenvalue weighted by atomic mass is 10.2. The molecule has 2 aromatic heterocycles. The van der Waals surface area contributed by atoms with Crippen LogP contribution in [-0.2, 0) is 10.5 Å². The number of fused-ring (bicyclic) bond motifs is 1. The zero-order chi connectivity index (χ0) is 21.8. The number of benzene rings is 2. The highest BCUT2D eigenvalue weighted by Gasteiger charge is 2.23. The molecule has 5 nitrogen and oxygen atoms in total. The lowest BCUT2D eigenvalue weighted by Crippen LogP contribution is -2.13. The second-order valence-corrected chi connectivity index (χ2v) is 8.96. The van der Waals surface area contributed by atoms with Crippen molar-refractivity contribution in [2.24, 2.45) is 0 Å². The topological polar surface area (TPSA) is 55.3 Å². The summed E-state index contributed by atoms with van der Waals surface area (Å²) in [5, 5.41) is 0.896. The van der Waals surface area contributed by atoms with E-state index in [1.54, 1.807) is 11.8 Å². The number of aryl methyl sites for hydroxylation is 1. The van der Waals surface area contributed by atoms with Crippen molar-refractivity contribution in [2.75, 3.05) is 18.6 Å². The van der Waals surface area contributed by atoms with Crippen molar-refractivity contribution in [3.63, 3.8) is 0 Å². The molecule has 0 radical (unpaired) electrons. The minimum Gasteiger partial charge on any atom is -0.462 e. The van der Waals surface area contributed by atoms with E-state index in [-0.39, 0.29) is 5.97 Å². The molecule has 0 spiro atoms. The van der Waals surface area contributed by atoms with Gasteiger partial charge in [-0.25, -0.2) is 14.8 Å². The Bertz CT molecular complexity index is 1190. The normalized spacial score (nSPS) is 10.9. The van der Waals surface area contributed by atoms with Crippen LogP contribution in [0.15, 0.2) is 65.6 Å². The number of esters is 1. The number of rotatable bonds is 7. The molecule has 0 saturated carbocycles. The van der Waals surface area contributed by atoms with E-state index in [4.69, 9.17) is 14.7 Å². The van der Waals surface area contributed by atoms with Gasteiger partial charge in [-0.1, -0.05) is 36.4 Å². The van der Waals surface area contributed by atoms with Crippen molar-refractivity contribution in [2.45, 2.75) is 24.5 Å². The maximum absolute atomic E-state index is 12.5. The Kier molecular flexibility index (Phi) is 6.53. The highest BCUT2D eigenvalue weighted by atomic mass is 32.2. The van der Waals surface area contributed by atoms with Crippen LogP contribution in [0.1, 0.15) is 28.0 Å². The fourth-order valence-corrected chi connectivity index (χ4v) is 5.16. The predicted molar refractivity (Wildman–Crippen MR) is 129 cm³/mol. The van der Waals surface area contributed by atoms with Crippen LogP contribution in [0.25, 0.3) is 10.2 Å². The third kappa shape index (κ3) is 4.57. The minimum atomic E-state index is -0.309. The third-order valence-corrected chi connectivity index (χ3v) is 7.02. The van der Waals surface area contributed by atoms with Gasteiger partial charge in [0, 0.05) is 17.6 Å². The molecule has 0 N–H and O–H groups in total. The predicted octanol–water partition coefficient (Wildman–Crippen LogP) is 6.24. The summed E-state index contributed by atoms with van der Waals surface area (Å²) in [6, 6.07) is 20.3. The largest absolute Gasteiger partial charge is 0.462 e. The Morgan fingerprint density at radius 3 is 2.42 bits per heavy atom. The first kappa shape index (κ1) is 21.3. The highest BCUT2D eigenvalue weighted by Crippen LogP contribution is 2.38. The Morgan fingerprint density at radius 1 is 1.06 bits per heavy atom. The fraction of sp³-hybridized carbons (Fsp3) is 0.208. The number of carbonyl (C=O) groups excluding carboxylic acids is 1. The van der Waals surface area contributed by atoms with Gasteiger partial charge in [-0.05, 0) is 43.7 Å². The molecule has 0 saturated heterocycles. The summed E-state index contributed by atoms with van der Waals surface area (Å²) in [7, 11) is 1.99. The second kappa shape index (κ2) is 9.49. The van der Waals surface area contributed by atoms with Gasteiger partial charge in [0.25, 0.3) is 0 Å². The van der Waals surface area contributed by atoms with E-state index in [1.165, 1.54) is 16.2 Å². The monoisotopic (exact) mass is 449 g/mol. The lowest BCUT2D eigenvalue weighted by molar-refractivity contribution is 0.0531. The van der Waals surface area contributed by atoms with Gasteiger partial charge >= 0.3 is 5.97 Å². The molecular weight excluding hydrogens is 426 g/mol. The van der Waals surface area contributed by atoms with Crippen LogP contribution < -0.4 is 4.90 Å². The summed E-state index contributed by atoms with van der Waals surface area (Å²) < 4.78 is 5.26. The summed E-state index contributed by atoms with van der Waals surface area (Å²) in [6.45, 7) is 4.09. The Labute approximate surface area is 190 Å². The number of ether oxygens (including phenoxy) is 1. The second-order valence-electron chi connectivity index (χ2n) is 6.92. The van der Waals surface area contributed by atoms with Crippen LogP contribution in [0.5, 0.6) is 0 Å². The molecule has 0 aliphatic carbocycles. The summed E-state index contributed by atoms with van der Waals surface area (Å²) in [4.78, 5) is 26.8. The Morgan fingerprint density at radius 2 is 1.74 bits per heavy atom. The molecule has 0 fully saturated rings. The van der Waals surface area contributed by atoms with Gasteiger partial charge in [0.2, 0.25) is 0 Å². The van der Waals surface area contributed by atoms with Crippen molar-refractivity contribution in [1.82, 2.24) is 9.97 Å². The first-order valence-corrected chi connectivity index (χ1v) is 11.8. The van der Waals surface area contributed by atoms with Crippen molar-refractivity contribution < 1.29 is 9.53 Å². The molecule has 158 valence electrons.